The third-order valence-corrected chi connectivity index (χ3v) is 4.95. The lowest BCUT2D eigenvalue weighted by molar-refractivity contribution is -0.120. The molecule has 1 aliphatic rings. The molecule has 2 aromatic heterocycles. The van der Waals surface area contributed by atoms with Crippen molar-refractivity contribution < 1.29 is 9.53 Å². The van der Waals surface area contributed by atoms with E-state index in [1.807, 2.05) is 22.6 Å². The summed E-state index contributed by atoms with van der Waals surface area (Å²) in [5.74, 6) is 0.650. The summed E-state index contributed by atoms with van der Waals surface area (Å²) in [6.45, 7) is 2.53. The molecule has 0 saturated heterocycles. The normalized spacial score (nSPS) is 14.2. The van der Waals surface area contributed by atoms with Gasteiger partial charge in [0.2, 0.25) is 0 Å². The second-order valence-electron chi connectivity index (χ2n) is 5.53. The average molecular weight is 328 g/mol. The van der Waals surface area contributed by atoms with Crippen molar-refractivity contribution in [2.24, 2.45) is 5.73 Å². The third kappa shape index (κ3) is 2.12. The van der Waals surface area contributed by atoms with E-state index in [1.165, 1.54) is 4.88 Å². The number of fused-ring (bicyclic) bond motifs is 2. The summed E-state index contributed by atoms with van der Waals surface area (Å²) >= 11 is 1.63. The van der Waals surface area contributed by atoms with Crippen LogP contribution in [0.4, 0.5) is 5.69 Å². The van der Waals surface area contributed by atoms with Gasteiger partial charge in [-0.15, -0.1) is 11.3 Å². The van der Waals surface area contributed by atoms with E-state index in [4.69, 9.17) is 15.5 Å². The number of amides is 1. The van der Waals surface area contributed by atoms with Crippen molar-refractivity contribution in [3.8, 4) is 17.0 Å². The number of hydrogen-bond acceptors (Lipinski definition) is 5. The van der Waals surface area contributed by atoms with Gasteiger partial charge in [-0.05, 0) is 25.1 Å². The molecular formula is C16H16N4O2S. The predicted octanol–water partition coefficient (Wildman–Crippen LogP) is 2.19. The number of aryl methyl sites for hydroxylation is 1. The van der Waals surface area contributed by atoms with Crippen LogP contribution < -0.4 is 15.4 Å². The summed E-state index contributed by atoms with van der Waals surface area (Å²) in [4.78, 5) is 20.3. The average Bonchev–Trinajstić information content (AvgIpc) is 3.06. The van der Waals surface area contributed by atoms with Crippen molar-refractivity contribution in [2.45, 2.75) is 13.5 Å². The molecule has 3 aromatic rings. The highest BCUT2D eigenvalue weighted by molar-refractivity contribution is 7.17. The number of thiazole rings is 1. The maximum absolute atomic E-state index is 11.8. The third-order valence-electron chi connectivity index (χ3n) is 4.05. The van der Waals surface area contributed by atoms with Crippen molar-refractivity contribution in [1.29, 1.82) is 0 Å². The molecule has 0 fully saturated rings. The van der Waals surface area contributed by atoms with Gasteiger partial charge in [-0.3, -0.25) is 9.20 Å². The van der Waals surface area contributed by atoms with Crippen LogP contribution in [-0.2, 0) is 11.3 Å². The number of anilines is 1. The highest BCUT2D eigenvalue weighted by Crippen LogP contribution is 2.36. The molecule has 23 heavy (non-hydrogen) atoms. The van der Waals surface area contributed by atoms with E-state index < -0.39 is 0 Å². The van der Waals surface area contributed by atoms with Gasteiger partial charge in [0, 0.05) is 30.2 Å². The fraction of sp³-hybridized carbons (Fsp3) is 0.250. The lowest BCUT2D eigenvalue weighted by atomic mass is 10.1. The molecule has 118 valence electrons. The number of imidazole rings is 1. The number of aromatic nitrogens is 2. The van der Waals surface area contributed by atoms with E-state index in [9.17, 15) is 4.79 Å². The van der Waals surface area contributed by atoms with Gasteiger partial charge < -0.3 is 15.4 Å². The molecule has 4 rings (SSSR count). The summed E-state index contributed by atoms with van der Waals surface area (Å²) < 4.78 is 7.52. The molecule has 1 aliphatic heterocycles. The Morgan fingerprint density at radius 1 is 1.43 bits per heavy atom. The smallest absolute Gasteiger partial charge is 0.264 e. The molecule has 6 nitrogen and oxygen atoms in total. The van der Waals surface area contributed by atoms with E-state index >= 15 is 0 Å². The number of carbonyl (C=O) groups is 1. The van der Waals surface area contributed by atoms with Gasteiger partial charge in [0.05, 0.1) is 17.1 Å². The van der Waals surface area contributed by atoms with Crippen LogP contribution >= 0.6 is 11.3 Å². The zero-order valence-electron chi connectivity index (χ0n) is 12.9. The zero-order chi connectivity index (χ0) is 16.1. The van der Waals surface area contributed by atoms with Crippen molar-refractivity contribution in [2.75, 3.05) is 18.6 Å². The summed E-state index contributed by atoms with van der Waals surface area (Å²) in [6, 6.07) is 5.78. The van der Waals surface area contributed by atoms with E-state index in [2.05, 4.69) is 13.1 Å². The number of nitrogens with zero attached hydrogens (tertiary/aromatic N) is 3. The molecule has 7 heteroatoms. The quantitative estimate of drug-likeness (QED) is 0.782. The molecular weight excluding hydrogens is 312 g/mol. The Bertz CT molecular complexity index is 928. The first-order valence-electron chi connectivity index (χ1n) is 7.29. The van der Waals surface area contributed by atoms with E-state index in [0.29, 0.717) is 12.3 Å². The lowest BCUT2D eigenvalue weighted by Gasteiger charge is -2.26. The number of ether oxygens (including phenoxy) is 1. The molecule has 2 N–H and O–H groups in total. The predicted molar refractivity (Wildman–Crippen MR) is 90.0 cm³/mol. The van der Waals surface area contributed by atoms with E-state index in [0.717, 1.165) is 27.6 Å². The molecule has 0 aliphatic carbocycles. The van der Waals surface area contributed by atoms with Crippen LogP contribution in [0.1, 0.15) is 10.6 Å². The van der Waals surface area contributed by atoms with Crippen LogP contribution in [0.2, 0.25) is 0 Å². The number of likely N-dealkylation sites (N-methyl/N-ethyl adjacent to an activating group) is 1. The molecule has 0 saturated carbocycles. The highest BCUT2D eigenvalue weighted by Gasteiger charge is 2.24. The van der Waals surface area contributed by atoms with Gasteiger partial charge >= 0.3 is 0 Å². The van der Waals surface area contributed by atoms with E-state index in [1.54, 1.807) is 23.3 Å². The molecule has 1 amide bonds. The fourth-order valence-electron chi connectivity index (χ4n) is 2.85. The van der Waals surface area contributed by atoms with Gasteiger partial charge in [-0.25, -0.2) is 4.98 Å². The van der Waals surface area contributed by atoms with E-state index in [-0.39, 0.29) is 12.5 Å². The molecule has 0 unspecified atom stereocenters. The van der Waals surface area contributed by atoms with Gasteiger partial charge in [0.15, 0.2) is 11.6 Å². The van der Waals surface area contributed by atoms with Crippen molar-refractivity contribution in [3.05, 3.63) is 35.0 Å². The van der Waals surface area contributed by atoms with Gasteiger partial charge in [0.25, 0.3) is 5.91 Å². The maximum Gasteiger partial charge on any atom is 0.264 e. The van der Waals surface area contributed by atoms with Crippen LogP contribution in [0.5, 0.6) is 5.75 Å². The first-order valence-corrected chi connectivity index (χ1v) is 8.11. The first kappa shape index (κ1) is 14.2. The Balaban J connectivity index is 1.88. The Hall–Kier alpha value is -2.38. The molecule has 0 bridgehead atoms. The Kier molecular flexibility index (Phi) is 3.14. The van der Waals surface area contributed by atoms with Crippen molar-refractivity contribution >= 4 is 27.9 Å². The molecule has 0 spiro atoms. The second kappa shape index (κ2) is 5.07. The lowest BCUT2D eigenvalue weighted by Crippen LogP contribution is -2.35. The minimum absolute atomic E-state index is 0.0600. The molecule has 1 aromatic carbocycles. The maximum atomic E-state index is 11.8. The molecule has 3 heterocycles. The van der Waals surface area contributed by atoms with Gasteiger partial charge in [-0.2, -0.15) is 0 Å². The topological polar surface area (TPSA) is 72.9 Å². The number of nitrogens with two attached hydrogens (primary N) is 1. The SMILES string of the molecule is Cc1cn2c(CN)c(-c3ccc4c(c3)N(C)C(=O)CO4)nc2s1. The summed E-state index contributed by atoms with van der Waals surface area (Å²) in [5, 5.41) is 0. The number of carbonyl (C=O) groups excluding carboxylic acids is 1. The first-order chi connectivity index (χ1) is 11.1. The summed E-state index contributed by atoms with van der Waals surface area (Å²) in [7, 11) is 1.76. The molecule has 0 atom stereocenters. The van der Waals surface area contributed by atoms with Crippen molar-refractivity contribution in [3.63, 3.8) is 0 Å². The summed E-state index contributed by atoms with van der Waals surface area (Å²) in [5.41, 5.74) is 9.46. The van der Waals surface area contributed by atoms with Crippen LogP contribution in [-0.4, -0.2) is 28.9 Å². The Labute approximate surface area is 137 Å². The monoisotopic (exact) mass is 328 g/mol. The second-order valence-corrected chi connectivity index (χ2v) is 6.74. The van der Waals surface area contributed by atoms with Crippen LogP contribution in [0.3, 0.4) is 0 Å². The van der Waals surface area contributed by atoms with Gasteiger partial charge in [0.1, 0.15) is 5.75 Å². The summed E-state index contributed by atoms with van der Waals surface area (Å²) in [6.07, 6.45) is 2.05. The number of hydrogen-bond donors (Lipinski definition) is 1. The molecule has 0 radical (unpaired) electrons. The minimum atomic E-state index is -0.0600. The highest BCUT2D eigenvalue weighted by atomic mass is 32.1. The standard InChI is InChI=1S/C16H16N4O2S/c1-9-7-20-12(6-17)15(18-16(20)23-9)10-3-4-13-11(5-10)19(2)14(21)8-22-13/h3-5,7H,6,8,17H2,1-2H3. The fourth-order valence-corrected chi connectivity index (χ4v) is 3.69. The largest absolute Gasteiger partial charge is 0.482 e. The van der Waals surface area contributed by atoms with Crippen molar-refractivity contribution in [1.82, 2.24) is 9.38 Å². The van der Waals surface area contributed by atoms with Crippen LogP contribution in [0.25, 0.3) is 16.2 Å². The van der Waals surface area contributed by atoms with Crippen LogP contribution in [0.15, 0.2) is 24.4 Å². The minimum Gasteiger partial charge on any atom is -0.482 e. The van der Waals surface area contributed by atoms with Gasteiger partial charge in [-0.1, -0.05) is 0 Å². The number of benzene rings is 1. The zero-order valence-corrected chi connectivity index (χ0v) is 13.7. The number of rotatable bonds is 2. The Morgan fingerprint density at radius 3 is 3.04 bits per heavy atom. The van der Waals surface area contributed by atoms with Crippen LogP contribution in [0, 0.1) is 6.92 Å². The Morgan fingerprint density at radius 2 is 2.26 bits per heavy atom.